The lowest BCUT2D eigenvalue weighted by Gasteiger charge is -2.06. The highest BCUT2D eigenvalue weighted by atomic mass is 33.1. The summed E-state index contributed by atoms with van der Waals surface area (Å²) in [5, 5.41) is 19.4. The molecule has 0 fully saturated rings. The van der Waals surface area contributed by atoms with Crippen molar-refractivity contribution in [1.29, 1.82) is 10.5 Å². The summed E-state index contributed by atoms with van der Waals surface area (Å²) in [5.41, 5.74) is 0. The number of allylic oxidation sites excluding steroid dienone is 2. The summed E-state index contributed by atoms with van der Waals surface area (Å²) in [6, 6.07) is 2.07. The lowest BCUT2D eigenvalue weighted by atomic mass is 10.2. The summed E-state index contributed by atoms with van der Waals surface area (Å²) in [7, 11) is 1.09. The quantitative estimate of drug-likeness (QED) is 0.327. The van der Waals surface area contributed by atoms with Crippen molar-refractivity contribution >= 4 is 20.7 Å². The van der Waals surface area contributed by atoms with Crippen LogP contribution in [-0.2, 0) is 9.93 Å². The van der Waals surface area contributed by atoms with Crippen molar-refractivity contribution in [3.63, 3.8) is 0 Å². The van der Waals surface area contributed by atoms with Gasteiger partial charge >= 0.3 is 5.40 Å². The predicted octanol–water partition coefficient (Wildman–Crippen LogP) is 1.79. The summed E-state index contributed by atoms with van der Waals surface area (Å²) in [6.07, 6.45) is 1.91. The molecule has 0 aromatic heterocycles. The van der Waals surface area contributed by atoms with Gasteiger partial charge in [0.15, 0.2) is 6.07 Å². The van der Waals surface area contributed by atoms with Crippen molar-refractivity contribution < 1.29 is 0 Å². The average molecular weight is 183 g/mol. The third-order valence-corrected chi connectivity index (χ3v) is 4.85. The predicted molar refractivity (Wildman–Crippen MR) is 48.3 cm³/mol. The van der Waals surface area contributed by atoms with E-state index in [9.17, 15) is 0 Å². The first-order chi connectivity index (χ1) is 5.27. The van der Waals surface area contributed by atoms with Gasteiger partial charge in [-0.1, -0.05) is 6.92 Å². The minimum absolute atomic E-state index is 0.437. The van der Waals surface area contributed by atoms with E-state index in [0.29, 0.717) is 10.8 Å². The number of thiocyanates is 1. The third kappa shape index (κ3) is 1.92. The van der Waals surface area contributed by atoms with Crippen LogP contribution >= 0.6 is 10.8 Å². The Hall–Kier alpha value is -0.580. The summed E-state index contributed by atoms with van der Waals surface area (Å²) in [4.78, 5) is 0.649. The van der Waals surface area contributed by atoms with Crippen LogP contribution in [0.15, 0.2) is 11.0 Å². The van der Waals surface area contributed by atoms with E-state index in [1.165, 1.54) is 0 Å². The molecule has 1 aliphatic rings. The minimum Gasteiger partial charge on any atom is -0.188 e. The Labute approximate surface area is 72.6 Å². The van der Waals surface area contributed by atoms with Crippen LogP contribution in [0.2, 0.25) is 0 Å². The van der Waals surface area contributed by atoms with E-state index in [-0.39, 0.29) is 0 Å². The van der Waals surface area contributed by atoms with Gasteiger partial charge in [0.1, 0.15) is 10.8 Å². The van der Waals surface area contributed by atoms with E-state index < -0.39 is 9.93 Å². The average Bonchev–Trinajstić information content (AvgIpc) is 2.04. The highest BCUT2D eigenvalue weighted by Crippen LogP contribution is 2.31. The number of hydrogen-bond donors (Lipinski definition) is 0. The molecule has 0 bridgehead atoms. The molecule has 1 rings (SSSR count). The highest BCUT2D eigenvalue weighted by molar-refractivity contribution is 8.77. The first-order valence-corrected chi connectivity index (χ1v) is 5.90. The number of nitriles is 2. The van der Waals surface area contributed by atoms with Crippen molar-refractivity contribution in [3.8, 4) is 11.5 Å². The SMILES string of the molecule is CC1C=C(C#N)[S+](C#N)SC1. The largest absolute Gasteiger partial charge is 0.340 e. The van der Waals surface area contributed by atoms with Crippen LogP contribution in [0.5, 0.6) is 0 Å². The molecule has 1 heterocycles. The van der Waals surface area contributed by atoms with Crippen LogP contribution in [0.3, 0.4) is 0 Å². The van der Waals surface area contributed by atoms with Gasteiger partial charge in [0, 0.05) is 0 Å². The summed E-state index contributed by atoms with van der Waals surface area (Å²) >= 11 is 0. The zero-order valence-electron chi connectivity index (χ0n) is 6.07. The highest BCUT2D eigenvalue weighted by Gasteiger charge is 2.33. The van der Waals surface area contributed by atoms with Gasteiger partial charge in [0.25, 0.3) is 4.91 Å². The summed E-state index contributed by atoms with van der Waals surface area (Å²) in [6.45, 7) is 2.06. The van der Waals surface area contributed by atoms with Gasteiger partial charge < -0.3 is 0 Å². The Kier molecular flexibility index (Phi) is 2.87. The molecule has 0 saturated heterocycles. The molecule has 0 aliphatic carbocycles. The molecule has 2 unspecified atom stereocenters. The van der Waals surface area contributed by atoms with E-state index in [2.05, 4.69) is 18.4 Å². The molecule has 56 valence electrons. The zero-order valence-corrected chi connectivity index (χ0v) is 7.71. The van der Waals surface area contributed by atoms with E-state index >= 15 is 0 Å². The van der Waals surface area contributed by atoms with Crippen LogP contribution in [0.4, 0.5) is 0 Å². The monoisotopic (exact) mass is 183 g/mol. The molecular weight excluding hydrogens is 176 g/mol. The molecule has 0 aromatic carbocycles. The van der Waals surface area contributed by atoms with Crippen LogP contribution in [-0.4, -0.2) is 5.75 Å². The molecule has 0 saturated carbocycles. The van der Waals surface area contributed by atoms with E-state index in [4.69, 9.17) is 10.5 Å². The summed E-state index contributed by atoms with van der Waals surface area (Å²) < 4.78 is 0. The van der Waals surface area contributed by atoms with E-state index in [0.717, 1.165) is 5.75 Å². The van der Waals surface area contributed by atoms with Crippen LogP contribution in [0, 0.1) is 27.9 Å². The summed E-state index contributed by atoms with van der Waals surface area (Å²) in [5.74, 6) is 1.40. The fraction of sp³-hybridized carbons (Fsp3) is 0.429. The second-order valence-corrected chi connectivity index (χ2v) is 5.70. The molecule has 0 N–H and O–H groups in total. The van der Waals surface area contributed by atoms with Crippen molar-refractivity contribution in [2.75, 3.05) is 5.75 Å². The van der Waals surface area contributed by atoms with E-state index in [1.54, 1.807) is 10.8 Å². The van der Waals surface area contributed by atoms with Crippen LogP contribution in [0.25, 0.3) is 0 Å². The maximum Gasteiger partial charge on any atom is 0.340 e. The Morgan fingerprint density at radius 1 is 1.73 bits per heavy atom. The number of nitrogens with zero attached hydrogens (tertiary/aromatic N) is 2. The van der Waals surface area contributed by atoms with Gasteiger partial charge in [0.05, 0.1) is 5.75 Å². The second kappa shape index (κ2) is 3.71. The third-order valence-electron chi connectivity index (χ3n) is 1.28. The molecule has 2 nitrogen and oxygen atoms in total. The minimum atomic E-state index is -0.488. The lowest BCUT2D eigenvalue weighted by molar-refractivity contribution is 0.846. The van der Waals surface area contributed by atoms with Gasteiger partial charge in [0.2, 0.25) is 9.93 Å². The van der Waals surface area contributed by atoms with Crippen molar-refractivity contribution in [3.05, 3.63) is 11.0 Å². The normalized spacial score (nSPS) is 29.9. The first-order valence-electron chi connectivity index (χ1n) is 3.17. The number of rotatable bonds is 0. The topological polar surface area (TPSA) is 47.6 Å². The molecule has 4 heteroatoms. The molecule has 0 spiro atoms. The molecule has 1 aliphatic heterocycles. The van der Waals surface area contributed by atoms with Gasteiger partial charge in [-0.05, 0) is 12.0 Å². The molecular formula is C7H7N2S2+. The fourth-order valence-electron chi connectivity index (χ4n) is 0.761. The smallest absolute Gasteiger partial charge is 0.188 e. The van der Waals surface area contributed by atoms with Crippen LogP contribution in [0.1, 0.15) is 6.92 Å². The van der Waals surface area contributed by atoms with Gasteiger partial charge in [-0.3, -0.25) is 0 Å². The molecule has 2 atom stereocenters. The van der Waals surface area contributed by atoms with Crippen molar-refractivity contribution in [2.24, 2.45) is 5.92 Å². The van der Waals surface area contributed by atoms with Crippen molar-refractivity contribution in [2.45, 2.75) is 6.92 Å². The maximum absolute atomic E-state index is 8.63. The fourth-order valence-corrected chi connectivity index (χ4v) is 3.79. The first kappa shape index (κ1) is 8.52. The molecule has 0 amide bonds. The molecule has 0 aromatic rings. The molecule has 0 radical (unpaired) electrons. The van der Waals surface area contributed by atoms with Crippen molar-refractivity contribution in [1.82, 2.24) is 0 Å². The van der Waals surface area contributed by atoms with Gasteiger partial charge in [-0.2, -0.15) is 5.26 Å². The second-order valence-electron chi connectivity index (χ2n) is 2.26. The standard InChI is InChI=1S/C7H7N2S2/c1-6-2-7(3-8)11(5-9)10-4-6/h2,6H,4H2,1H3/q+1. The number of hydrogen-bond acceptors (Lipinski definition) is 3. The van der Waals surface area contributed by atoms with E-state index in [1.807, 2.05) is 6.08 Å². The zero-order chi connectivity index (χ0) is 8.27. The lowest BCUT2D eigenvalue weighted by Crippen LogP contribution is -2.08. The van der Waals surface area contributed by atoms with Crippen LogP contribution < -0.4 is 0 Å². The molecule has 11 heavy (non-hydrogen) atoms. The Morgan fingerprint density at radius 3 is 3.00 bits per heavy atom. The Bertz CT molecular complexity index is 259. The maximum atomic E-state index is 8.63. The Balaban J connectivity index is 2.83. The Morgan fingerprint density at radius 2 is 2.45 bits per heavy atom. The van der Waals surface area contributed by atoms with Gasteiger partial charge in [-0.15, -0.1) is 5.26 Å². The van der Waals surface area contributed by atoms with Gasteiger partial charge in [-0.25, -0.2) is 0 Å².